The molecule has 0 heterocycles. The number of nitrogens with zero attached hydrogens (tertiary/aromatic N) is 3. The van der Waals surface area contributed by atoms with Gasteiger partial charge in [-0.15, -0.1) is 0 Å². The normalized spacial score (nSPS) is 9.48. The summed E-state index contributed by atoms with van der Waals surface area (Å²) in [6.45, 7) is 3.58. The molecule has 0 unspecified atom stereocenters. The highest BCUT2D eigenvalue weighted by atomic mass is 16.5. The van der Waals surface area contributed by atoms with Gasteiger partial charge in [-0.2, -0.15) is 15.8 Å². The molecule has 0 atom stereocenters. The van der Waals surface area contributed by atoms with E-state index in [9.17, 15) is 4.79 Å². The summed E-state index contributed by atoms with van der Waals surface area (Å²) in [5.74, 6) is -0.378. The Balaban J connectivity index is 2.27. The standard InChI is InChI=1S/C21H16N4O2/c1-14(2)27-21(26)16-8-6-15(7-9-16)17-4-3-5-19(10-17)25-20(13-24)18(11-22)12-23/h3-10,14,25H,1-2H3. The average Bonchev–Trinajstić information content (AvgIpc) is 2.68. The third-order valence-corrected chi connectivity index (χ3v) is 3.51. The fourth-order valence-electron chi connectivity index (χ4n) is 2.28. The Morgan fingerprint density at radius 3 is 2.19 bits per heavy atom. The summed E-state index contributed by atoms with van der Waals surface area (Å²) in [4.78, 5) is 11.9. The van der Waals surface area contributed by atoms with Crippen LogP contribution in [0.15, 0.2) is 59.8 Å². The minimum absolute atomic E-state index is 0.107. The highest BCUT2D eigenvalue weighted by Gasteiger charge is 2.10. The van der Waals surface area contributed by atoms with Crippen LogP contribution in [-0.4, -0.2) is 12.1 Å². The molecule has 0 saturated heterocycles. The summed E-state index contributed by atoms with van der Waals surface area (Å²) in [6.07, 6.45) is -0.186. The SMILES string of the molecule is CC(C)OC(=O)c1ccc(-c2cccc(NC(C#N)=C(C#N)C#N)c2)cc1. The monoisotopic (exact) mass is 356 g/mol. The van der Waals surface area contributed by atoms with Crippen LogP contribution in [0.2, 0.25) is 0 Å². The molecule has 0 fully saturated rings. The maximum atomic E-state index is 11.9. The summed E-state index contributed by atoms with van der Waals surface area (Å²) < 4.78 is 5.16. The molecule has 0 aromatic heterocycles. The Morgan fingerprint density at radius 2 is 1.63 bits per heavy atom. The largest absolute Gasteiger partial charge is 0.459 e. The number of carbonyl (C=O) groups excluding carboxylic acids is 1. The van der Waals surface area contributed by atoms with Gasteiger partial charge in [0, 0.05) is 5.69 Å². The maximum absolute atomic E-state index is 11.9. The van der Waals surface area contributed by atoms with Gasteiger partial charge in [-0.3, -0.25) is 0 Å². The van der Waals surface area contributed by atoms with Gasteiger partial charge in [0.05, 0.1) is 11.7 Å². The van der Waals surface area contributed by atoms with Crippen LogP contribution in [0.3, 0.4) is 0 Å². The van der Waals surface area contributed by atoms with Crippen molar-refractivity contribution in [3.05, 3.63) is 65.4 Å². The molecule has 0 aliphatic rings. The van der Waals surface area contributed by atoms with E-state index in [-0.39, 0.29) is 23.3 Å². The fourth-order valence-corrected chi connectivity index (χ4v) is 2.28. The van der Waals surface area contributed by atoms with Crippen molar-refractivity contribution >= 4 is 11.7 Å². The molecule has 1 N–H and O–H groups in total. The zero-order chi connectivity index (χ0) is 19.8. The van der Waals surface area contributed by atoms with Crippen LogP contribution >= 0.6 is 0 Å². The number of ether oxygens (including phenoxy) is 1. The molecule has 0 aliphatic carbocycles. The van der Waals surface area contributed by atoms with Crippen LogP contribution in [0, 0.1) is 34.0 Å². The van der Waals surface area contributed by atoms with Crippen LogP contribution in [0.1, 0.15) is 24.2 Å². The first-order valence-electron chi connectivity index (χ1n) is 8.11. The first-order chi connectivity index (χ1) is 13.0. The molecule has 0 radical (unpaired) electrons. The highest BCUT2D eigenvalue weighted by Crippen LogP contribution is 2.24. The van der Waals surface area contributed by atoms with Crippen LogP contribution in [0.5, 0.6) is 0 Å². The molecular formula is C21H16N4O2. The minimum atomic E-state index is -0.378. The average molecular weight is 356 g/mol. The minimum Gasteiger partial charge on any atom is -0.459 e. The summed E-state index contributed by atoms with van der Waals surface area (Å²) in [5, 5.41) is 29.7. The lowest BCUT2D eigenvalue weighted by Crippen LogP contribution is -2.11. The quantitative estimate of drug-likeness (QED) is 0.636. The van der Waals surface area contributed by atoms with Crippen molar-refractivity contribution in [2.45, 2.75) is 20.0 Å². The second-order valence-electron chi connectivity index (χ2n) is 5.82. The van der Waals surface area contributed by atoms with Crippen molar-refractivity contribution in [3.8, 4) is 29.3 Å². The van der Waals surface area contributed by atoms with Crippen molar-refractivity contribution in [2.24, 2.45) is 0 Å². The Morgan fingerprint density at radius 1 is 0.963 bits per heavy atom. The predicted molar refractivity (Wildman–Crippen MR) is 99.9 cm³/mol. The fraction of sp³-hybridized carbons (Fsp3) is 0.143. The first-order valence-corrected chi connectivity index (χ1v) is 8.11. The number of allylic oxidation sites excluding steroid dienone is 2. The summed E-state index contributed by atoms with van der Waals surface area (Å²) in [5.41, 5.74) is 2.35. The summed E-state index contributed by atoms with van der Waals surface area (Å²) in [6, 6.07) is 19.3. The molecule has 132 valence electrons. The van der Waals surface area contributed by atoms with Gasteiger partial charge in [0.1, 0.15) is 23.9 Å². The van der Waals surface area contributed by atoms with Crippen LogP contribution < -0.4 is 5.32 Å². The molecule has 2 aromatic carbocycles. The molecule has 2 aromatic rings. The zero-order valence-electron chi connectivity index (χ0n) is 14.9. The van der Waals surface area contributed by atoms with Gasteiger partial charge in [-0.05, 0) is 49.2 Å². The van der Waals surface area contributed by atoms with E-state index in [1.54, 1.807) is 68.5 Å². The maximum Gasteiger partial charge on any atom is 0.338 e. The highest BCUT2D eigenvalue weighted by molar-refractivity contribution is 5.90. The molecule has 6 nitrogen and oxygen atoms in total. The summed E-state index contributed by atoms with van der Waals surface area (Å²) >= 11 is 0. The van der Waals surface area contributed by atoms with Crippen molar-refractivity contribution in [1.29, 1.82) is 15.8 Å². The van der Waals surface area contributed by atoms with E-state index in [0.29, 0.717) is 11.3 Å². The van der Waals surface area contributed by atoms with Gasteiger partial charge in [0.25, 0.3) is 0 Å². The van der Waals surface area contributed by atoms with Gasteiger partial charge in [-0.25, -0.2) is 4.79 Å². The molecule has 27 heavy (non-hydrogen) atoms. The zero-order valence-corrected chi connectivity index (χ0v) is 14.9. The number of rotatable bonds is 5. The lowest BCUT2D eigenvalue weighted by molar-refractivity contribution is 0.0378. The van der Waals surface area contributed by atoms with Crippen molar-refractivity contribution in [1.82, 2.24) is 0 Å². The number of hydrogen-bond donors (Lipinski definition) is 1. The number of benzene rings is 2. The number of esters is 1. The number of nitriles is 3. The predicted octanol–water partition coefficient (Wildman–Crippen LogP) is 4.16. The van der Waals surface area contributed by atoms with Crippen LogP contribution in [-0.2, 0) is 4.74 Å². The van der Waals surface area contributed by atoms with E-state index in [1.807, 2.05) is 12.1 Å². The lowest BCUT2D eigenvalue weighted by Gasteiger charge is -2.10. The van der Waals surface area contributed by atoms with E-state index >= 15 is 0 Å². The second kappa shape index (κ2) is 8.85. The molecule has 2 rings (SSSR count). The van der Waals surface area contributed by atoms with Crippen LogP contribution in [0.4, 0.5) is 5.69 Å². The number of nitrogens with one attached hydrogen (secondary N) is 1. The Kier molecular flexibility index (Phi) is 6.31. The van der Waals surface area contributed by atoms with Gasteiger partial charge in [0.2, 0.25) is 0 Å². The Hall–Kier alpha value is -4.08. The van der Waals surface area contributed by atoms with E-state index in [0.717, 1.165) is 11.1 Å². The molecule has 0 saturated carbocycles. The van der Waals surface area contributed by atoms with Gasteiger partial charge in [0.15, 0.2) is 5.57 Å². The topological polar surface area (TPSA) is 110 Å². The smallest absolute Gasteiger partial charge is 0.338 e. The Labute approximate surface area is 157 Å². The molecule has 6 heteroatoms. The van der Waals surface area contributed by atoms with Gasteiger partial charge in [-0.1, -0.05) is 24.3 Å². The van der Waals surface area contributed by atoms with E-state index in [1.165, 1.54) is 0 Å². The van der Waals surface area contributed by atoms with Gasteiger partial charge < -0.3 is 10.1 Å². The molecule has 0 bridgehead atoms. The van der Waals surface area contributed by atoms with Crippen molar-refractivity contribution in [3.63, 3.8) is 0 Å². The number of anilines is 1. The molecular weight excluding hydrogens is 340 g/mol. The second-order valence-corrected chi connectivity index (χ2v) is 5.82. The third-order valence-electron chi connectivity index (χ3n) is 3.51. The number of carbonyl (C=O) groups is 1. The molecule has 0 aliphatic heterocycles. The van der Waals surface area contributed by atoms with E-state index in [2.05, 4.69) is 5.32 Å². The Bertz CT molecular complexity index is 984. The van der Waals surface area contributed by atoms with E-state index < -0.39 is 0 Å². The first kappa shape index (κ1) is 19.2. The van der Waals surface area contributed by atoms with Crippen LogP contribution in [0.25, 0.3) is 11.1 Å². The third kappa shape index (κ3) is 4.95. The van der Waals surface area contributed by atoms with Gasteiger partial charge >= 0.3 is 5.97 Å². The lowest BCUT2D eigenvalue weighted by atomic mass is 10.0. The summed E-state index contributed by atoms with van der Waals surface area (Å²) in [7, 11) is 0. The number of hydrogen-bond acceptors (Lipinski definition) is 6. The molecule has 0 amide bonds. The van der Waals surface area contributed by atoms with Crippen molar-refractivity contribution < 1.29 is 9.53 Å². The van der Waals surface area contributed by atoms with Crippen molar-refractivity contribution in [2.75, 3.05) is 5.32 Å². The van der Waals surface area contributed by atoms with E-state index in [4.69, 9.17) is 20.5 Å². The molecule has 0 spiro atoms.